The van der Waals surface area contributed by atoms with Gasteiger partial charge >= 0.3 is 0 Å². The molecule has 2 aliphatic heterocycles. The van der Waals surface area contributed by atoms with Crippen molar-refractivity contribution in [2.24, 2.45) is 11.8 Å². The number of amides is 1. The predicted octanol–water partition coefficient (Wildman–Crippen LogP) is -0.0891. The van der Waals surface area contributed by atoms with E-state index in [1.54, 1.807) is 4.90 Å². The number of carbonyl (C=O) groups is 1. The summed E-state index contributed by atoms with van der Waals surface area (Å²) in [5.41, 5.74) is 1.41. The van der Waals surface area contributed by atoms with E-state index >= 15 is 0 Å². The Morgan fingerprint density at radius 3 is 2.32 bits per heavy atom. The second-order valence-electron chi connectivity index (χ2n) is 8.54. The zero-order valence-electron chi connectivity index (χ0n) is 15.9. The number of hydrogen-bond donors (Lipinski definition) is 3. The zero-order chi connectivity index (χ0) is 17.6. The van der Waals surface area contributed by atoms with Crippen LogP contribution in [0.3, 0.4) is 0 Å². The lowest BCUT2D eigenvalue weighted by molar-refractivity contribution is -0.918. The zero-order valence-corrected chi connectivity index (χ0v) is 15.9. The van der Waals surface area contributed by atoms with Crippen molar-refractivity contribution >= 4 is 5.91 Å². The predicted molar refractivity (Wildman–Crippen MR) is 101 cm³/mol. The third-order valence-electron chi connectivity index (χ3n) is 5.84. The van der Waals surface area contributed by atoms with Gasteiger partial charge < -0.3 is 15.1 Å². The summed E-state index contributed by atoms with van der Waals surface area (Å²) in [5.74, 6) is 1.75. The van der Waals surface area contributed by atoms with Crippen molar-refractivity contribution in [2.75, 3.05) is 32.7 Å². The number of quaternary nitrogens is 2. The van der Waals surface area contributed by atoms with Crippen LogP contribution < -0.4 is 15.1 Å². The Kier molecular flexibility index (Phi) is 6.49. The molecule has 25 heavy (non-hydrogen) atoms. The van der Waals surface area contributed by atoms with Gasteiger partial charge in [0.1, 0.15) is 6.54 Å². The lowest BCUT2D eigenvalue weighted by atomic mass is 9.92. The fourth-order valence-electron chi connectivity index (χ4n) is 4.80. The summed E-state index contributed by atoms with van der Waals surface area (Å²) >= 11 is 0. The highest BCUT2D eigenvalue weighted by Gasteiger charge is 2.28. The van der Waals surface area contributed by atoms with Crippen LogP contribution >= 0.6 is 0 Å². The molecule has 0 aromatic heterocycles. The number of benzene rings is 1. The first kappa shape index (κ1) is 18.4. The number of rotatable bonds is 5. The van der Waals surface area contributed by atoms with Crippen molar-refractivity contribution in [1.82, 2.24) is 5.32 Å². The van der Waals surface area contributed by atoms with Crippen LogP contribution in [-0.4, -0.2) is 44.7 Å². The molecule has 1 aromatic rings. The lowest BCUT2D eigenvalue weighted by Gasteiger charge is -2.33. The van der Waals surface area contributed by atoms with Gasteiger partial charge in [-0.3, -0.25) is 4.79 Å². The minimum absolute atomic E-state index is 0.257. The Morgan fingerprint density at radius 2 is 1.68 bits per heavy atom. The van der Waals surface area contributed by atoms with Crippen molar-refractivity contribution in [3.05, 3.63) is 35.9 Å². The van der Waals surface area contributed by atoms with E-state index in [0.29, 0.717) is 12.6 Å². The maximum atomic E-state index is 12.4. The Hall–Kier alpha value is -1.39. The first-order valence-electron chi connectivity index (χ1n) is 10.1. The first-order valence-corrected chi connectivity index (χ1v) is 10.1. The third kappa shape index (κ3) is 5.82. The van der Waals surface area contributed by atoms with Crippen molar-refractivity contribution < 1.29 is 14.6 Å². The van der Waals surface area contributed by atoms with Crippen LogP contribution in [0, 0.1) is 11.8 Å². The molecule has 3 N–H and O–H groups in total. The highest BCUT2D eigenvalue weighted by Crippen LogP contribution is 2.11. The Morgan fingerprint density at radius 1 is 1.04 bits per heavy atom. The highest BCUT2D eigenvalue weighted by molar-refractivity contribution is 5.77. The molecule has 2 fully saturated rings. The molecule has 2 heterocycles. The van der Waals surface area contributed by atoms with Crippen LogP contribution in [0.25, 0.3) is 0 Å². The van der Waals surface area contributed by atoms with Gasteiger partial charge in [0.05, 0.1) is 26.2 Å². The molecule has 2 atom stereocenters. The van der Waals surface area contributed by atoms with E-state index in [4.69, 9.17) is 0 Å². The number of hydrogen-bond acceptors (Lipinski definition) is 1. The Labute approximate surface area is 152 Å². The molecule has 1 amide bonds. The van der Waals surface area contributed by atoms with Crippen LogP contribution in [0.1, 0.15) is 38.7 Å². The molecule has 0 unspecified atom stereocenters. The monoisotopic (exact) mass is 345 g/mol. The van der Waals surface area contributed by atoms with Gasteiger partial charge in [-0.25, -0.2) is 0 Å². The topological polar surface area (TPSA) is 38.0 Å². The van der Waals surface area contributed by atoms with Gasteiger partial charge in [0.2, 0.25) is 0 Å². The molecule has 0 bridgehead atoms. The van der Waals surface area contributed by atoms with Crippen molar-refractivity contribution in [2.45, 2.75) is 45.7 Å². The highest BCUT2D eigenvalue weighted by atomic mass is 16.2. The van der Waals surface area contributed by atoms with Gasteiger partial charge in [-0.1, -0.05) is 44.2 Å². The minimum Gasteiger partial charge on any atom is -0.348 e. The summed E-state index contributed by atoms with van der Waals surface area (Å²) in [5, 5.41) is 3.31. The summed E-state index contributed by atoms with van der Waals surface area (Å²) in [6, 6.07) is 11.1. The number of likely N-dealkylation sites (tertiary alicyclic amines) is 2. The molecule has 3 rings (SSSR count). The second kappa shape index (κ2) is 8.81. The largest absolute Gasteiger partial charge is 0.348 e. The fourth-order valence-corrected chi connectivity index (χ4v) is 4.80. The molecule has 2 aliphatic rings. The Balaban J connectivity index is 1.37. The summed E-state index contributed by atoms with van der Waals surface area (Å²) in [6.45, 7) is 11.0. The van der Waals surface area contributed by atoms with Gasteiger partial charge in [0.25, 0.3) is 5.91 Å². The number of nitrogens with one attached hydrogen (secondary N) is 3. The normalized spacial score (nSPS) is 33.0. The SMILES string of the molecule is C[C@@H]1C[C@@H](C)C[NH+](CC(=O)NC2CC[NH+](Cc3ccccc3)CC2)C1. The van der Waals surface area contributed by atoms with Crippen LogP contribution in [0.5, 0.6) is 0 Å². The molecule has 138 valence electrons. The fraction of sp³-hybridized carbons (Fsp3) is 0.667. The second-order valence-corrected chi connectivity index (χ2v) is 8.54. The van der Waals surface area contributed by atoms with Gasteiger partial charge in [-0.15, -0.1) is 0 Å². The summed E-state index contributed by atoms with van der Waals surface area (Å²) in [7, 11) is 0. The maximum absolute atomic E-state index is 12.4. The van der Waals surface area contributed by atoms with Crippen LogP contribution in [0.4, 0.5) is 0 Å². The molecule has 0 aliphatic carbocycles. The van der Waals surface area contributed by atoms with Crippen molar-refractivity contribution in [3.8, 4) is 0 Å². The summed E-state index contributed by atoms with van der Waals surface area (Å²) in [4.78, 5) is 15.5. The number of piperidine rings is 2. The van der Waals surface area contributed by atoms with Gasteiger partial charge in [-0.2, -0.15) is 0 Å². The first-order chi connectivity index (χ1) is 12.1. The van der Waals surface area contributed by atoms with E-state index in [1.807, 2.05) is 0 Å². The van der Waals surface area contributed by atoms with Crippen LogP contribution in [0.15, 0.2) is 30.3 Å². The van der Waals surface area contributed by atoms with Gasteiger partial charge in [0.15, 0.2) is 6.54 Å². The smallest absolute Gasteiger partial charge is 0.275 e. The summed E-state index contributed by atoms with van der Waals surface area (Å²) < 4.78 is 0. The van der Waals surface area contributed by atoms with Gasteiger partial charge in [0, 0.05) is 36.3 Å². The van der Waals surface area contributed by atoms with E-state index in [0.717, 1.165) is 57.4 Å². The Bertz CT molecular complexity index is 529. The molecule has 1 aromatic carbocycles. The maximum Gasteiger partial charge on any atom is 0.275 e. The standard InChI is InChI=1S/C21H33N3O/c1-17-12-18(2)14-24(13-17)16-21(25)22-20-8-10-23(11-9-20)15-19-6-4-3-5-7-19/h3-7,17-18,20H,8-16H2,1-2H3,(H,22,25)/p+2/t17-,18-/m1/s1. The van der Waals surface area contributed by atoms with E-state index in [1.165, 1.54) is 16.9 Å². The summed E-state index contributed by atoms with van der Waals surface area (Å²) in [6.07, 6.45) is 3.53. The number of carbonyl (C=O) groups excluding carboxylic acids is 1. The molecule has 4 heteroatoms. The minimum atomic E-state index is 0.257. The van der Waals surface area contributed by atoms with E-state index in [-0.39, 0.29) is 5.91 Å². The van der Waals surface area contributed by atoms with Crippen LogP contribution in [0.2, 0.25) is 0 Å². The van der Waals surface area contributed by atoms with E-state index in [2.05, 4.69) is 49.5 Å². The average molecular weight is 346 g/mol. The van der Waals surface area contributed by atoms with Crippen molar-refractivity contribution in [3.63, 3.8) is 0 Å². The molecule has 2 saturated heterocycles. The lowest BCUT2D eigenvalue weighted by Crippen LogP contribution is -3.15. The van der Waals surface area contributed by atoms with Crippen molar-refractivity contribution in [1.29, 1.82) is 0 Å². The van der Waals surface area contributed by atoms with Crippen LogP contribution in [-0.2, 0) is 11.3 Å². The third-order valence-corrected chi connectivity index (χ3v) is 5.84. The molecule has 0 saturated carbocycles. The van der Waals surface area contributed by atoms with E-state index < -0.39 is 0 Å². The molecule has 0 spiro atoms. The quantitative estimate of drug-likeness (QED) is 0.686. The average Bonchev–Trinajstić information content (AvgIpc) is 2.56. The molecular weight excluding hydrogens is 310 g/mol. The molecule has 4 nitrogen and oxygen atoms in total. The van der Waals surface area contributed by atoms with Gasteiger partial charge in [-0.05, 0) is 6.42 Å². The molecule has 0 radical (unpaired) electrons. The molecular formula is C21H35N3O+2. The van der Waals surface area contributed by atoms with E-state index in [9.17, 15) is 4.79 Å².